The van der Waals surface area contributed by atoms with Gasteiger partial charge in [-0.25, -0.2) is 4.39 Å². The van der Waals surface area contributed by atoms with Crippen LogP contribution in [0.3, 0.4) is 0 Å². The van der Waals surface area contributed by atoms with Crippen molar-refractivity contribution >= 4 is 17.5 Å². The first-order valence-corrected chi connectivity index (χ1v) is 11.9. The number of fused-ring (bicyclic) bond motifs is 3. The van der Waals surface area contributed by atoms with E-state index in [0.29, 0.717) is 0 Å². The zero-order chi connectivity index (χ0) is 22.8. The van der Waals surface area contributed by atoms with E-state index in [0.717, 1.165) is 57.1 Å². The van der Waals surface area contributed by atoms with Crippen LogP contribution in [-0.4, -0.2) is 47.6 Å². The van der Waals surface area contributed by atoms with Crippen LogP contribution in [-0.2, 0) is 16.0 Å². The third kappa shape index (κ3) is 4.52. The van der Waals surface area contributed by atoms with Crippen molar-refractivity contribution in [1.82, 2.24) is 10.2 Å². The number of hydrogen-bond acceptors (Lipinski definition) is 4. The Morgan fingerprint density at radius 2 is 1.81 bits per heavy atom. The number of benzene rings is 1. The fourth-order valence-corrected chi connectivity index (χ4v) is 5.65. The summed E-state index contributed by atoms with van der Waals surface area (Å²) in [5, 5.41) is 15.7. The number of anilines is 1. The molecule has 2 bridgehead atoms. The van der Waals surface area contributed by atoms with Gasteiger partial charge in [0.2, 0.25) is 11.8 Å². The summed E-state index contributed by atoms with van der Waals surface area (Å²) in [6.07, 6.45) is 6.05. The van der Waals surface area contributed by atoms with Crippen LogP contribution < -0.4 is 10.6 Å². The number of nitrogens with zero attached hydrogens (tertiary/aromatic N) is 2. The van der Waals surface area contributed by atoms with Gasteiger partial charge in [-0.2, -0.15) is 5.26 Å². The summed E-state index contributed by atoms with van der Waals surface area (Å²) in [5.41, 5.74) is 1.65. The number of carbonyl (C=O) groups excluding carboxylic acids is 2. The molecule has 7 heteroatoms. The quantitative estimate of drug-likeness (QED) is 0.677. The third-order valence-electron chi connectivity index (χ3n) is 7.81. The fraction of sp³-hybridized carbons (Fsp3) is 0.640. The number of aryl methyl sites for hydroxylation is 1. The first-order chi connectivity index (χ1) is 15.4. The fourth-order valence-electron chi connectivity index (χ4n) is 5.65. The van der Waals surface area contributed by atoms with Crippen LogP contribution in [0.1, 0.15) is 63.9 Å². The molecule has 6 nitrogen and oxygen atoms in total. The highest BCUT2D eigenvalue weighted by molar-refractivity contribution is 5.95. The number of nitrogens with one attached hydrogen (secondary N) is 2. The molecule has 0 radical (unpaired) electrons. The number of nitriles is 1. The molecule has 2 N–H and O–H groups in total. The Bertz CT molecular complexity index is 870. The SMILES string of the molecule is CCCc1ccc(NC(=O)C23CCC(NCC(=O)N4CC(F)CC4C#N)(CC2)CC3)cc1. The smallest absolute Gasteiger partial charge is 0.237 e. The Morgan fingerprint density at radius 3 is 2.41 bits per heavy atom. The van der Waals surface area contributed by atoms with Gasteiger partial charge in [0.05, 0.1) is 19.2 Å². The topological polar surface area (TPSA) is 85.2 Å². The second-order valence-corrected chi connectivity index (χ2v) is 9.84. The highest BCUT2D eigenvalue weighted by Crippen LogP contribution is 2.52. The predicted octanol–water partition coefficient (Wildman–Crippen LogP) is 3.72. The maximum atomic E-state index is 13.6. The molecule has 4 aliphatic rings. The number of alkyl halides is 1. The average molecular weight is 441 g/mol. The second kappa shape index (κ2) is 9.19. The van der Waals surface area contributed by atoms with Crippen LogP contribution in [0.2, 0.25) is 0 Å². The Balaban J connectivity index is 1.30. The van der Waals surface area contributed by atoms with Crippen molar-refractivity contribution in [2.45, 2.75) is 82.5 Å². The molecule has 1 saturated heterocycles. The van der Waals surface area contributed by atoms with Gasteiger partial charge < -0.3 is 15.5 Å². The van der Waals surface area contributed by atoms with Crippen LogP contribution in [0.15, 0.2) is 24.3 Å². The molecular formula is C25H33FN4O2. The van der Waals surface area contributed by atoms with Crippen molar-refractivity contribution in [2.24, 2.45) is 5.41 Å². The van der Waals surface area contributed by atoms with Crippen LogP contribution in [0.4, 0.5) is 10.1 Å². The minimum Gasteiger partial charge on any atom is -0.326 e. The Hall–Kier alpha value is -2.46. The van der Waals surface area contributed by atoms with E-state index < -0.39 is 12.2 Å². The lowest BCUT2D eigenvalue weighted by Gasteiger charge is -2.52. The van der Waals surface area contributed by atoms with Crippen molar-refractivity contribution in [3.8, 4) is 6.07 Å². The number of hydrogen-bond donors (Lipinski definition) is 2. The van der Waals surface area contributed by atoms with E-state index in [1.165, 1.54) is 10.5 Å². The summed E-state index contributed by atoms with van der Waals surface area (Å²) in [7, 11) is 0. The summed E-state index contributed by atoms with van der Waals surface area (Å²) < 4.78 is 13.6. The van der Waals surface area contributed by atoms with E-state index in [1.807, 2.05) is 18.2 Å². The van der Waals surface area contributed by atoms with E-state index in [9.17, 15) is 19.2 Å². The molecule has 0 spiro atoms. The molecule has 5 rings (SSSR count). The Labute approximate surface area is 189 Å². The van der Waals surface area contributed by atoms with Gasteiger partial charge >= 0.3 is 0 Å². The van der Waals surface area contributed by atoms with E-state index >= 15 is 0 Å². The summed E-state index contributed by atoms with van der Waals surface area (Å²) in [6.45, 7) is 2.28. The number of halogens is 1. The van der Waals surface area contributed by atoms with Gasteiger partial charge in [-0.3, -0.25) is 9.59 Å². The molecule has 2 amide bonds. The summed E-state index contributed by atoms with van der Waals surface area (Å²) in [4.78, 5) is 27.1. The molecule has 0 aromatic heterocycles. The molecular weight excluding hydrogens is 407 g/mol. The summed E-state index contributed by atoms with van der Waals surface area (Å²) in [5.74, 6) is -0.106. The number of carbonyl (C=O) groups is 2. The van der Waals surface area contributed by atoms with E-state index in [4.69, 9.17) is 0 Å². The molecule has 4 fully saturated rings. The number of amides is 2. The van der Waals surface area contributed by atoms with Gasteiger partial charge in [0.15, 0.2) is 0 Å². The normalized spacial score (nSPS) is 31.3. The Morgan fingerprint density at radius 1 is 1.16 bits per heavy atom. The molecule has 1 aromatic rings. The molecule has 32 heavy (non-hydrogen) atoms. The van der Waals surface area contributed by atoms with Gasteiger partial charge in [-0.1, -0.05) is 25.5 Å². The lowest BCUT2D eigenvalue weighted by Crippen LogP contribution is -2.59. The molecule has 1 aliphatic heterocycles. The maximum Gasteiger partial charge on any atom is 0.237 e. The monoisotopic (exact) mass is 440 g/mol. The maximum absolute atomic E-state index is 13.6. The second-order valence-electron chi connectivity index (χ2n) is 9.84. The predicted molar refractivity (Wildman–Crippen MR) is 121 cm³/mol. The molecule has 172 valence electrons. The van der Waals surface area contributed by atoms with E-state index in [1.54, 1.807) is 0 Å². The van der Waals surface area contributed by atoms with Crippen molar-refractivity contribution in [3.05, 3.63) is 29.8 Å². The van der Waals surface area contributed by atoms with Gasteiger partial charge in [-0.05, 0) is 62.6 Å². The lowest BCUT2D eigenvalue weighted by atomic mass is 9.57. The molecule has 3 saturated carbocycles. The van der Waals surface area contributed by atoms with Crippen molar-refractivity contribution in [3.63, 3.8) is 0 Å². The molecule has 2 unspecified atom stereocenters. The molecule has 1 heterocycles. The van der Waals surface area contributed by atoms with Gasteiger partial charge in [-0.15, -0.1) is 0 Å². The first kappa shape index (κ1) is 22.7. The zero-order valence-electron chi connectivity index (χ0n) is 18.8. The number of likely N-dealkylation sites (tertiary alicyclic amines) is 1. The summed E-state index contributed by atoms with van der Waals surface area (Å²) in [6, 6.07) is 9.49. The van der Waals surface area contributed by atoms with E-state index in [-0.39, 0.29) is 42.3 Å². The molecule has 2 atom stereocenters. The van der Waals surface area contributed by atoms with Gasteiger partial charge in [0.1, 0.15) is 12.2 Å². The average Bonchev–Trinajstić information content (AvgIpc) is 3.21. The van der Waals surface area contributed by atoms with Crippen LogP contribution in [0, 0.1) is 16.7 Å². The third-order valence-corrected chi connectivity index (χ3v) is 7.81. The minimum atomic E-state index is -1.12. The lowest BCUT2D eigenvalue weighted by molar-refractivity contribution is -0.135. The largest absolute Gasteiger partial charge is 0.326 e. The highest BCUT2D eigenvalue weighted by atomic mass is 19.1. The van der Waals surface area contributed by atoms with Gasteiger partial charge in [0, 0.05) is 23.1 Å². The van der Waals surface area contributed by atoms with E-state index in [2.05, 4.69) is 29.7 Å². The Kier molecular flexibility index (Phi) is 6.52. The van der Waals surface area contributed by atoms with Gasteiger partial charge in [0.25, 0.3) is 0 Å². The van der Waals surface area contributed by atoms with Crippen LogP contribution in [0.5, 0.6) is 0 Å². The molecule has 3 aliphatic carbocycles. The van der Waals surface area contributed by atoms with Crippen molar-refractivity contribution < 1.29 is 14.0 Å². The minimum absolute atomic E-state index is 0.00838. The molecule has 1 aromatic carbocycles. The van der Waals surface area contributed by atoms with Crippen LogP contribution >= 0.6 is 0 Å². The first-order valence-electron chi connectivity index (χ1n) is 11.9. The summed E-state index contributed by atoms with van der Waals surface area (Å²) >= 11 is 0. The zero-order valence-corrected chi connectivity index (χ0v) is 18.8. The standard InChI is InChI=1S/C25H33FN4O2/c1-2-3-18-4-6-20(7-5-18)29-23(32)24-8-11-25(12-9-24,13-10-24)28-16-22(31)30-17-19(26)14-21(30)15-27/h4-7,19,21,28H,2-3,8-14,16-17H2,1H3,(H,29,32). The highest BCUT2D eigenvalue weighted by Gasteiger charge is 2.52. The van der Waals surface area contributed by atoms with Crippen molar-refractivity contribution in [2.75, 3.05) is 18.4 Å². The number of rotatable bonds is 7. The van der Waals surface area contributed by atoms with Crippen LogP contribution in [0.25, 0.3) is 0 Å². The van der Waals surface area contributed by atoms with Crippen molar-refractivity contribution in [1.29, 1.82) is 5.26 Å².